The molecule has 2 nitrogen and oxygen atoms in total. The van der Waals surface area contributed by atoms with Gasteiger partial charge in [0.05, 0.1) is 6.04 Å². The first kappa shape index (κ1) is 14.2. The molecule has 1 unspecified atom stereocenters. The second-order valence-electron chi connectivity index (χ2n) is 4.55. The van der Waals surface area contributed by atoms with Crippen LogP contribution in [0.3, 0.4) is 0 Å². The molecule has 1 atom stereocenters. The fourth-order valence-corrected chi connectivity index (χ4v) is 2.78. The highest BCUT2D eigenvalue weighted by Gasteiger charge is 2.18. The van der Waals surface area contributed by atoms with E-state index in [-0.39, 0.29) is 11.9 Å². The molecule has 0 aliphatic carbocycles. The molecule has 2 aromatic rings. The van der Waals surface area contributed by atoms with Gasteiger partial charge in [-0.2, -0.15) is 0 Å². The Kier molecular flexibility index (Phi) is 4.69. The molecule has 0 spiro atoms. The summed E-state index contributed by atoms with van der Waals surface area (Å²) in [4.78, 5) is 0. The van der Waals surface area contributed by atoms with E-state index >= 15 is 0 Å². The number of benzene rings is 2. The van der Waals surface area contributed by atoms with E-state index in [0.29, 0.717) is 12.0 Å². The number of rotatable bonds is 4. The van der Waals surface area contributed by atoms with E-state index in [9.17, 15) is 4.39 Å². The second kappa shape index (κ2) is 6.28. The first-order valence-electron chi connectivity index (χ1n) is 6.07. The van der Waals surface area contributed by atoms with Crippen molar-refractivity contribution in [3.05, 3.63) is 69.4 Å². The molecule has 0 bridgehead atoms. The summed E-state index contributed by atoms with van der Waals surface area (Å²) in [5, 5.41) is 0. The van der Waals surface area contributed by atoms with Gasteiger partial charge in [0.2, 0.25) is 0 Å². The van der Waals surface area contributed by atoms with Crippen LogP contribution < -0.4 is 11.3 Å². The van der Waals surface area contributed by atoms with Crippen molar-refractivity contribution in [2.75, 3.05) is 0 Å². The topological polar surface area (TPSA) is 38.0 Å². The molecule has 0 aliphatic heterocycles. The Bertz CT molecular complexity index is 552. The minimum Gasteiger partial charge on any atom is -0.271 e. The van der Waals surface area contributed by atoms with Crippen molar-refractivity contribution in [3.63, 3.8) is 0 Å². The maximum absolute atomic E-state index is 13.9. The number of nitrogens with one attached hydrogen (secondary N) is 1. The van der Waals surface area contributed by atoms with E-state index in [4.69, 9.17) is 5.84 Å². The third-order valence-electron chi connectivity index (χ3n) is 3.07. The lowest BCUT2D eigenvalue weighted by molar-refractivity contribution is 0.508. The number of hydrogen-bond acceptors (Lipinski definition) is 2. The summed E-state index contributed by atoms with van der Waals surface area (Å²) >= 11 is 3.38. The Labute approximate surface area is 120 Å². The summed E-state index contributed by atoms with van der Waals surface area (Å²) in [5.74, 6) is 5.33. The van der Waals surface area contributed by atoms with Crippen molar-refractivity contribution in [2.24, 2.45) is 5.84 Å². The van der Waals surface area contributed by atoms with Crippen LogP contribution in [0.25, 0.3) is 0 Å². The van der Waals surface area contributed by atoms with Crippen LogP contribution in [0.2, 0.25) is 0 Å². The van der Waals surface area contributed by atoms with Crippen molar-refractivity contribution < 1.29 is 4.39 Å². The number of halogens is 2. The molecule has 100 valence electrons. The quantitative estimate of drug-likeness (QED) is 0.666. The molecule has 3 N–H and O–H groups in total. The summed E-state index contributed by atoms with van der Waals surface area (Å²) < 4.78 is 14.7. The molecule has 19 heavy (non-hydrogen) atoms. The zero-order chi connectivity index (χ0) is 13.8. The van der Waals surface area contributed by atoms with Crippen LogP contribution in [-0.2, 0) is 6.42 Å². The molecule has 2 rings (SSSR count). The maximum atomic E-state index is 13.9. The molecule has 0 heterocycles. The van der Waals surface area contributed by atoms with Crippen molar-refractivity contribution in [3.8, 4) is 0 Å². The van der Waals surface area contributed by atoms with E-state index in [0.717, 1.165) is 10.0 Å². The second-order valence-corrected chi connectivity index (χ2v) is 5.40. The monoisotopic (exact) mass is 322 g/mol. The molecular formula is C15H16BrFN2. The lowest BCUT2D eigenvalue weighted by Crippen LogP contribution is -2.30. The van der Waals surface area contributed by atoms with Gasteiger partial charge in [0.1, 0.15) is 5.82 Å². The summed E-state index contributed by atoms with van der Waals surface area (Å²) in [6.45, 7) is 2.04. The maximum Gasteiger partial charge on any atom is 0.129 e. The lowest BCUT2D eigenvalue weighted by Gasteiger charge is -2.19. The fraction of sp³-hybridized carbons (Fsp3) is 0.200. The van der Waals surface area contributed by atoms with Gasteiger partial charge < -0.3 is 0 Å². The SMILES string of the molecule is Cc1cccc(CC(NN)c2c(F)cccc2Br)c1. The van der Waals surface area contributed by atoms with Gasteiger partial charge in [-0.25, -0.2) is 4.39 Å². The molecule has 4 heteroatoms. The average molecular weight is 323 g/mol. The number of aryl methyl sites for hydroxylation is 1. The van der Waals surface area contributed by atoms with Crippen LogP contribution in [0.4, 0.5) is 4.39 Å². The van der Waals surface area contributed by atoms with Crippen molar-refractivity contribution in [2.45, 2.75) is 19.4 Å². The van der Waals surface area contributed by atoms with Crippen LogP contribution in [0.5, 0.6) is 0 Å². The Hall–Kier alpha value is -1.23. The van der Waals surface area contributed by atoms with Gasteiger partial charge in [0.25, 0.3) is 0 Å². The summed E-state index contributed by atoms with van der Waals surface area (Å²) in [6, 6.07) is 12.8. The first-order valence-corrected chi connectivity index (χ1v) is 6.86. The zero-order valence-corrected chi connectivity index (χ0v) is 12.2. The highest BCUT2D eigenvalue weighted by molar-refractivity contribution is 9.10. The summed E-state index contributed by atoms with van der Waals surface area (Å²) in [6.07, 6.45) is 0.637. The fourth-order valence-electron chi connectivity index (χ4n) is 2.16. The van der Waals surface area contributed by atoms with Crippen LogP contribution in [0.15, 0.2) is 46.9 Å². The van der Waals surface area contributed by atoms with Crippen molar-refractivity contribution in [1.82, 2.24) is 5.43 Å². The third kappa shape index (κ3) is 3.41. The van der Waals surface area contributed by atoms with Gasteiger partial charge in [-0.15, -0.1) is 0 Å². The molecule has 0 saturated carbocycles. The molecule has 0 aromatic heterocycles. The smallest absolute Gasteiger partial charge is 0.129 e. The minimum atomic E-state index is -0.266. The molecule has 0 radical (unpaired) electrons. The summed E-state index contributed by atoms with van der Waals surface area (Å²) in [5.41, 5.74) is 5.56. The number of nitrogens with two attached hydrogens (primary N) is 1. The third-order valence-corrected chi connectivity index (χ3v) is 3.76. The predicted octanol–water partition coefficient (Wildman–Crippen LogP) is 3.64. The predicted molar refractivity (Wildman–Crippen MR) is 79.0 cm³/mol. The highest BCUT2D eigenvalue weighted by atomic mass is 79.9. The molecule has 0 amide bonds. The minimum absolute atomic E-state index is 0.259. The van der Waals surface area contributed by atoms with E-state index in [1.54, 1.807) is 6.07 Å². The van der Waals surface area contributed by atoms with E-state index < -0.39 is 0 Å². The van der Waals surface area contributed by atoms with Gasteiger partial charge in [0.15, 0.2) is 0 Å². The first-order chi connectivity index (χ1) is 9.11. The van der Waals surface area contributed by atoms with Gasteiger partial charge in [-0.3, -0.25) is 11.3 Å². The van der Waals surface area contributed by atoms with Gasteiger partial charge >= 0.3 is 0 Å². The largest absolute Gasteiger partial charge is 0.271 e. The Morgan fingerprint density at radius 2 is 2.00 bits per heavy atom. The Morgan fingerprint density at radius 1 is 1.26 bits per heavy atom. The van der Waals surface area contributed by atoms with Crippen LogP contribution in [0, 0.1) is 12.7 Å². The highest BCUT2D eigenvalue weighted by Crippen LogP contribution is 2.28. The van der Waals surface area contributed by atoms with Crippen LogP contribution >= 0.6 is 15.9 Å². The standard InChI is InChI=1S/C15H16BrFN2/c1-10-4-2-5-11(8-10)9-14(19-18)15-12(16)6-3-7-13(15)17/h2-8,14,19H,9,18H2,1H3. The normalized spacial score (nSPS) is 12.4. The lowest BCUT2D eigenvalue weighted by atomic mass is 9.98. The van der Waals surface area contributed by atoms with E-state index in [1.807, 2.05) is 31.2 Å². The Morgan fingerprint density at radius 3 is 2.63 bits per heavy atom. The van der Waals surface area contributed by atoms with Crippen molar-refractivity contribution >= 4 is 15.9 Å². The summed E-state index contributed by atoms with van der Waals surface area (Å²) in [7, 11) is 0. The Balaban J connectivity index is 2.30. The van der Waals surface area contributed by atoms with Crippen LogP contribution in [-0.4, -0.2) is 0 Å². The average Bonchev–Trinajstić information content (AvgIpc) is 2.37. The van der Waals surface area contributed by atoms with Gasteiger partial charge in [-0.05, 0) is 31.0 Å². The van der Waals surface area contributed by atoms with E-state index in [1.165, 1.54) is 11.6 Å². The molecular weight excluding hydrogens is 307 g/mol. The molecule has 0 aliphatic rings. The zero-order valence-electron chi connectivity index (χ0n) is 10.7. The molecule has 0 saturated heterocycles. The van der Waals surface area contributed by atoms with Crippen LogP contribution in [0.1, 0.15) is 22.7 Å². The molecule has 2 aromatic carbocycles. The van der Waals surface area contributed by atoms with Crippen molar-refractivity contribution in [1.29, 1.82) is 0 Å². The number of hydrazine groups is 1. The van der Waals surface area contributed by atoms with Gasteiger partial charge in [0, 0.05) is 10.0 Å². The molecule has 0 fully saturated rings. The van der Waals surface area contributed by atoms with Gasteiger partial charge in [-0.1, -0.05) is 51.8 Å². The van der Waals surface area contributed by atoms with E-state index in [2.05, 4.69) is 27.4 Å². The number of hydrogen-bond donors (Lipinski definition) is 2.